The lowest BCUT2D eigenvalue weighted by atomic mass is 9.89. The lowest BCUT2D eigenvalue weighted by molar-refractivity contribution is 0.777. The highest BCUT2D eigenvalue weighted by Crippen LogP contribution is 2.26. The molecule has 0 heteroatoms. The van der Waals surface area contributed by atoms with Gasteiger partial charge >= 0.3 is 0 Å². The summed E-state index contributed by atoms with van der Waals surface area (Å²) >= 11 is 0. The standard InChI is InChI=1S/C15H16.C2H6.CH4/c1-2-15(13-9-5-3-6-10-13)14-11-7-4-8-12-14;1-2;/h3-12,15H,2H2,1H3;1-2H3;1H4. The fourth-order valence-corrected chi connectivity index (χ4v) is 2.03. The van der Waals surface area contributed by atoms with E-state index in [0.29, 0.717) is 5.92 Å². The molecule has 0 aromatic heterocycles. The van der Waals surface area contributed by atoms with Crippen molar-refractivity contribution >= 4 is 0 Å². The SMILES string of the molecule is C.CC.CCC(c1ccccc1)c1ccccc1. The summed E-state index contributed by atoms with van der Waals surface area (Å²) in [6.07, 6.45) is 1.15. The zero-order chi connectivity index (χ0) is 12.5. The zero-order valence-corrected chi connectivity index (χ0v) is 11.1. The molecule has 18 heavy (non-hydrogen) atoms. The van der Waals surface area contributed by atoms with Crippen LogP contribution in [-0.2, 0) is 0 Å². The van der Waals surface area contributed by atoms with Gasteiger partial charge in [-0.25, -0.2) is 0 Å². The molecule has 0 unspecified atom stereocenters. The Morgan fingerprint density at radius 1 is 0.722 bits per heavy atom. The second kappa shape index (κ2) is 9.47. The highest BCUT2D eigenvalue weighted by atomic mass is 14.1. The highest BCUT2D eigenvalue weighted by molar-refractivity contribution is 5.31. The molecule has 2 aromatic carbocycles. The quantitative estimate of drug-likeness (QED) is 0.629. The summed E-state index contributed by atoms with van der Waals surface area (Å²) in [5, 5.41) is 0. The maximum atomic E-state index is 2.24. The zero-order valence-electron chi connectivity index (χ0n) is 11.1. The number of hydrogen-bond acceptors (Lipinski definition) is 0. The molecular formula is C18H26. The van der Waals surface area contributed by atoms with E-state index in [-0.39, 0.29) is 7.43 Å². The average Bonchev–Trinajstić information content (AvgIpc) is 2.44. The Bertz CT molecular complexity index is 349. The molecule has 0 N–H and O–H groups in total. The van der Waals surface area contributed by atoms with Crippen molar-refractivity contribution in [1.29, 1.82) is 0 Å². The summed E-state index contributed by atoms with van der Waals surface area (Å²) < 4.78 is 0. The van der Waals surface area contributed by atoms with E-state index in [1.165, 1.54) is 11.1 Å². The van der Waals surface area contributed by atoms with Gasteiger partial charge in [0.1, 0.15) is 0 Å². The second-order valence-electron chi connectivity index (χ2n) is 3.78. The van der Waals surface area contributed by atoms with Crippen LogP contribution in [0.2, 0.25) is 0 Å². The Balaban J connectivity index is 0.000000917. The molecule has 0 aliphatic heterocycles. The van der Waals surface area contributed by atoms with Crippen molar-refractivity contribution in [3.8, 4) is 0 Å². The molecule has 0 aliphatic rings. The first-order valence-electron chi connectivity index (χ1n) is 6.51. The van der Waals surface area contributed by atoms with Gasteiger partial charge in [-0.05, 0) is 17.5 Å². The van der Waals surface area contributed by atoms with Crippen molar-refractivity contribution < 1.29 is 0 Å². The minimum absolute atomic E-state index is 0. The van der Waals surface area contributed by atoms with Crippen LogP contribution >= 0.6 is 0 Å². The van der Waals surface area contributed by atoms with E-state index in [9.17, 15) is 0 Å². The number of benzene rings is 2. The molecule has 0 amide bonds. The van der Waals surface area contributed by atoms with Crippen molar-refractivity contribution in [2.45, 2.75) is 40.5 Å². The second-order valence-corrected chi connectivity index (χ2v) is 3.78. The Hall–Kier alpha value is -1.56. The predicted molar refractivity (Wildman–Crippen MR) is 83.1 cm³/mol. The number of rotatable bonds is 3. The molecule has 0 heterocycles. The Labute approximate surface area is 113 Å². The summed E-state index contributed by atoms with van der Waals surface area (Å²) in [7, 11) is 0. The molecular weight excluding hydrogens is 216 g/mol. The van der Waals surface area contributed by atoms with E-state index >= 15 is 0 Å². The maximum Gasteiger partial charge on any atom is 0.00867 e. The van der Waals surface area contributed by atoms with Crippen LogP contribution in [0.1, 0.15) is 51.7 Å². The molecule has 0 saturated carbocycles. The van der Waals surface area contributed by atoms with Crippen LogP contribution in [0, 0.1) is 0 Å². The Morgan fingerprint density at radius 3 is 1.33 bits per heavy atom. The maximum absolute atomic E-state index is 2.24. The van der Waals surface area contributed by atoms with E-state index in [4.69, 9.17) is 0 Å². The first-order chi connectivity index (χ1) is 8.42. The van der Waals surface area contributed by atoms with Gasteiger partial charge in [-0.3, -0.25) is 0 Å². The van der Waals surface area contributed by atoms with Crippen LogP contribution < -0.4 is 0 Å². The van der Waals surface area contributed by atoms with Crippen molar-refractivity contribution in [1.82, 2.24) is 0 Å². The molecule has 0 saturated heterocycles. The van der Waals surface area contributed by atoms with E-state index in [0.717, 1.165) is 6.42 Å². The van der Waals surface area contributed by atoms with E-state index in [2.05, 4.69) is 67.6 Å². The van der Waals surface area contributed by atoms with E-state index in [1.807, 2.05) is 13.8 Å². The molecule has 2 rings (SSSR count). The van der Waals surface area contributed by atoms with Crippen molar-refractivity contribution in [3.05, 3.63) is 71.8 Å². The summed E-state index contributed by atoms with van der Waals surface area (Å²) in [4.78, 5) is 0. The van der Waals surface area contributed by atoms with Gasteiger partial charge in [-0.2, -0.15) is 0 Å². The molecule has 0 radical (unpaired) electrons. The largest absolute Gasteiger partial charge is 0.0776 e. The van der Waals surface area contributed by atoms with Gasteiger partial charge in [0, 0.05) is 5.92 Å². The van der Waals surface area contributed by atoms with Crippen molar-refractivity contribution in [2.24, 2.45) is 0 Å². The van der Waals surface area contributed by atoms with Gasteiger partial charge in [0.15, 0.2) is 0 Å². The van der Waals surface area contributed by atoms with Gasteiger partial charge in [0.2, 0.25) is 0 Å². The van der Waals surface area contributed by atoms with Gasteiger partial charge < -0.3 is 0 Å². The third kappa shape index (κ3) is 4.37. The smallest absolute Gasteiger partial charge is 0.00867 e. The third-order valence-corrected chi connectivity index (χ3v) is 2.81. The van der Waals surface area contributed by atoms with E-state index < -0.39 is 0 Å². The lowest BCUT2D eigenvalue weighted by Gasteiger charge is -2.15. The molecule has 2 aromatic rings. The van der Waals surface area contributed by atoms with Gasteiger partial charge in [0.25, 0.3) is 0 Å². The van der Waals surface area contributed by atoms with E-state index in [1.54, 1.807) is 0 Å². The Kier molecular flexibility index (Phi) is 8.65. The molecule has 98 valence electrons. The first-order valence-corrected chi connectivity index (χ1v) is 6.51. The van der Waals surface area contributed by atoms with Crippen LogP contribution in [0.15, 0.2) is 60.7 Å². The summed E-state index contributed by atoms with van der Waals surface area (Å²) in [5.74, 6) is 0.535. The minimum Gasteiger partial charge on any atom is -0.0776 e. The van der Waals surface area contributed by atoms with Crippen LogP contribution in [0.5, 0.6) is 0 Å². The summed E-state index contributed by atoms with van der Waals surface area (Å²) in [6.45, 7) is 6.24. The molecule has 0 spiro atoms. The normalized spacial score (nSPS) is 9.11. The van der Waals surface area contributed by atoms with Gasteiger partial charge in [-0.1, -0.05) is 88.9 Å². The predicted octanol–water partition coefficient (Wildman–Crippen LogP) is 5.89. The molecule has 0 atom stereocenters. The van der Waals surface area contributed by atoms with Crippen molar-refractivity contribution in [2.75, 3.05) is 0 Å². The lowest BCUT2D eigenvalue weighted by Crippen LogP contribution is -1.98. The molecule has 0 nitrogen and oxygen atoms in total. The Morgan fingerprint density at radius 2 is 1.06 bits per heavy atom. The molecule has 0 aliphatic carbocycles. The fraction of sp³-hybridized carbons (Fsp3) is 0.333. The molecule has 0 bridgehead atoms. The first kappa shape index (κ1) is 16.4. The minimum atomic E-state index is 0. The highest BCUT2D eigenvalue weighted by Gasteiger charge is 2.10. The van der Waals surface area contributed by atoms with Crippen LogP contribution in [0.25, 0.3) is 0 Å². The topological polar surface area (TPSA) is 0 Å². The third-order valence-electron chi connectivity index (χ3n) is 2.81. The molecule has 0 fully saturated rings. The summed E-state index contributed by atoms with van der Waals surface area (Å²) in [5.41, 5.74) is 2.82. The fourth-order valence-electron chi connectivity index (χ4n) is 2.03. The average molecular weight is 242 g/mol. The number of hydrogen-bond donors (Lipinski definition) is 0. The van der Waals surface area contributed by atoms with Crippen molar-refractivity contribution in [3.63, 3.8) is 0 Å². The van der Waals surface area contributed by atoms with Gasteiger partial charge in [0.05, 0.1) is 0 Å². The van der Waals surface area contributed by atoms with Crippen LogP contribution in [-0.4, -0.2) is 0 Å². The van der Waals surface area contributed by atoms with Crippen LogP contribution in [0.3, 0.4) is 0 Å². The van der Waals surface area contributed by atoms with Crippen LogP contribution in [0.4, 0.5) is 0 Å². The van der Waals surface area contributed by atoms with Gasteiger partial charge in [-0.15, -0.1) is 0 Å². The monoisotopic (exact) mass is 242 g/mol. The summed E-state index contributed by atoms with van der Waals surface area (Å²) in [6, 6.07) is 21.4.